The normalized spacial score (nSPS) is 14.7. The highest BCUT2D eigenvalue weighted by Gasteiger charge is 2.22. The van der Waals surface area contributed by atoms with Crippen molar-refractivity contribution in [2.24, 2.45) is 0 Å². The molecule has 1 aromatic carbocycles. The van der Waals surface area contributed by atoms with Crippen molar-refractivity contribution in [1.29, 1.82) is 0 Å². The van der Waals surface area contributed by atoms with Gasteiger partial charge in [-0.3, -0.25) is 24.6 Å². The first-order chi connectivity index (χ1) is 13.4. The van der Waals surface area contributed by atoms with E-state index in [-0.39, 0.29) is 23.7 Å². The lowest BCUT2D eigenvalue weighted by Gasteiger charge is -2.34. The SMILES string of the molecule is Cc1ccc(C(=O)NCC(=O)N2CCN(Cc3ccsc3)CC2)cc1[N+](=O)[O-]. The van der Waals surface area contributed by atoms with E-state index in [1.807, 2.05) is 0 Å². The zero-order valence-corrected chi connectivity index (χ0v) is 16.4. The van der Waals surface area contributed by atoms with Crippen LogP contribution in [0, 0.1) is 17.0 Å². The van der Waals surface area contributed by atoms with E-state index >= 15 is 0 Å². The summed E-state index contributed by atoms with van der Waals surface area (Å²) in [4.78, 5) is 39.1. The minimum absolute atomic E-state index is 0.110. The Bertz CT molecular complexity index is 861. The van der Waals surface area contributed by atoms with Crippen molar-refractivity contribution in [3.05, 3.63) is 61.8 Å². The summed E-state index contributed by atoms with van der Waals surface area (Å²) in [6, 6.07) is 6.39. The molecule has 1 N–H and O–H groups in total. The highest BCUT2D eigenvalue weighted by molar-refractivity contribution is 7.07. The van der Waals surface area contributed by atoms with Gasteiger partial charge in [-0.15, -0.1) is 0 Å². The zero-order valence-electron chi connectivity index (χ0n) is 15.6. The fraction of sp³-hybridized carbons (Fsp3) is 0.368. The fourth-order valence-corrected chi connectivity index (χ4v) is 3.77. The number of nitro benzene ring substituents is 1. The predicted molar refractivity (Wildman–Crippen MR) is 106 cm³/mol. The number of benzene rings is 1. The molecule has 0 atom stereocenters. The molecule has 0 aliphatic carbocycles. The molecule has 2 aromatic rings. The third-order valence-corrected chi connectivity index (χ3v) is 5.51. The van der Waals surface area contributed by atoms with Gasteiger partial charge in [0.05, 0.1) is 11.5 Å². The molecule has 1 aromatic heterocycles. The second kappa shape index (κ2) is 8.94. The maximum Gasteiger partial charge on any atom is 0.273 e. The molecular formula is C19H22N4O4S. The summed E-state index contributed by atoms with van der Waals surface area (Å²) in [5, 5.41) is 17.8. The molecule has 9 heteroatoms. The van der Waals surface area contributed by atoms with E-state index in [4.69, 9.17) is 0 Å². The third kappa shape index (κ3) is 4.93. The molecular weight excluding hydrogens is 380 g/mol. The molecule has 3 rings (SSSR count). The summed E-state index contributed by atoms with van der Waals surface area (Å²) in [5.74, 6) is -0.641. The maximum atomic E-state index is 12.4. The topological polar surface area (TPSA) is 95.8 Å². The number of aryl methyl sites for hydroxylation is 1. The Balaban J connectivity index is 1.47. The average Bonchev–Trinajstić information content (AvgIpc) is 3.19. The van der Waals surface area contributed by atoms with E-state index in [0.29, 0.717) is 18.7 Å². The van der Waals surface area contributed by atoms with Crippen LogP contribution in [0.1, 0.15) is 21.5 Å². The number of carbonyl (C=O) groups is 2. The summed E-state index contributed by atoms with van der Waals surface area (Å²) < 4.78 is 0. The molecule has 1 aliphatic heterocycles. The lowest BCUT2D eigenvalue weighted by atomic mass is 10.1. The van der Waals surface area contributed by atoms with Gasteiger partial charge in [0.2, 0.25) is 5.91 Å². The molecule has 148 valence electrons. The lowest BCUT2D eigenvalue weighted by molar-refractivity contribution is -0.385. The Morgan fingerprint density at radius 3 is 2.61 bits per heavy atom. The number of rotatable bonds is 6. The molecule has 0 radical (unpaired) electrons. The number of hydrogen-bond donors (Lipinski definition) is 1. The third-order valence-electron chi connectivity index (χ3n) is 4.78. The standard InChI is InChI=1S/C19H22N4O4S/c1-14-2-3-16(10-17(14)23(26)27)19(25)20-11-18(24)22-7-5-21(6-8-22)12-15-4-9-28-13-15/h2-4,9-10,13H,5-8,11-12H2,1H3,(H,20,25). The first-order valence-electron chi connectivity index (χ1n) is 8.98. The predicted octanol–water partition coefficient (Wildman–Crippen LogP) is 2.04. The van der Waals surface area contributed by atoms with Gasteiger partial charge in [0, 0.05) is 49.9 Å². The van der Waals surface area contributed by atoms with Gasteiger partial charge in [0.25, 0.3) is 11.6 Å². The van der Waals surface area contributed by atoms with Crippen LogP contribution in [-0.4, -0.2) is 59.3 Å². The van der Waals surface area contributed by atoms with Crippen molar-refractivity contribution >= 4 is 28.8 Å². The summed E-state index contributed by atoms with van der Waals surface area (Å²) >= 11 is 1.68. The van der Waals surface area contributed by atoms with E-state index in [1.54, 1.807) is 23.2 Å². The van der Waals surface area contributed by atoms with Crippen molar-refractivity contribution in [1.82, 2.24) is 15.1 Å². The number of thiophene rings is 1. The molecule has 2 heterocycles. The summed E-state index contributed by atoms with van der Waals surface area (Å²) in [6.07, 6.45) is 0. The van der Waals surface area contributed by atoms with Gasteiger partial charge in [0.15, 0.2) is 0 Å². The smallest absolute Gasteiger partial charge is 0.273 e. The largest absolute Gasteiger partial charge is 0.343 e. The number of nitrogens with zero attached hydrogens (tertiary/aromatic N) is 3. The minimum Gasteiger partial charge on any atom is -0.343 e. The first-order valence-corrected chi connectivity index (χ1v) is 9.93. The van der Waals surface area contributed by atoms with Crippen LogP contribution in [0.4, 0.5) is 5.69 Å². The van der Waals surface area contributed by atoms with Crippen molar-refractivity contribution in [3.63, 3.8) is 0 Å². The monoisotopic (exact) mass is 402 g/mol. The fourth-order valence-electron chi connectivity index (χ4n) is 3.11. The Hall–Kier alpha value is -2.78. The van der Waals surface area contributed by atoms with Crippen molar-refractivity contribution in [2.75, 3.05) is 32.7 Å². The van der Waals surface area contributed by atoms with Crippen LogP contribution >= 0.6 is 11.3 Å². The van der Waals surface area contributed by atoms with Crippen LogP contribution in [0.3, 0.4) is 0 Å². The van der Waals surface area contributed by atoms with Crippen molar-refractivity contribution in [2.45, 2.75) is 13.5 Å². The van der Waals surface area contributed by atoms with Crippen LogP contribution in [0.2, 0.25) is 0 Å². The number of piperazine rings is 1. The average molecular weight is 402 g/mol. The van der Waals surface area contributed by atoms with E-state index in [0.717, 1.165) is 19.6 Å². The molecule has 0 saturated carbocycles. The maximum absolute atomic E-state index is 12.4. The number of nitrogens with one attached hydrogen (secondary N) is 1. The van der Waals surface area contributed by atoms with E-state index in [1.165, 1.54) is 23.8 Å². The van der Waals surface area contributed by atoms with E-state index in [9.17, 15) is 19.7 Å². The second-order valence-electron chi connectivity index (χ2n) is 6.73. The van der Waals surface area contributed by atoms with E-state index in [2.05, 4.69) is 27.0 Å². The molecule has 1 fully saturated rings. The Morgan fingerprint density at radius 1 is 1.21 bits per heavy atom. The van der Waals surface area contributed by atoms with Gasteiger partial charge in [-0.2, -0.15) is 11.3 Å². The van der Waals surface area contributed by atoms with Gasteiger partial charge in [0.1, 0.15) is 0 Å². The van der Waals surface area contributed by atoms with Gasteiger partial charge in [-0.25, -0.2) is 0 Å². The zero-order chi connectivity index (χ0) is 20.1. The number of carbonyl (C=O) groups excluding carboxylic acids is 2. The summed E-state index contributed by atoms with van der Waals surface area (Å²) in [5.41, 5.74) is 1.83. The van der Waals surface area contributed by atoms with Crippen LogP contribution < -0.4 is 5.32 Å². The van der Waals surface area contributed by atoms with Gasteiger partial charge in [-0.1, -0.05) is 6.07 Å². The number of hydrogen-bond acceptors (Lipinski definition) is 6. The first kappa shape index (κ1) is 20.0. The molecule has 0 bridgehead atoms. The molecule has 1 saturated heterocycles. The molecule has 28 heavy (non-hydrogen) atoms. The molecule has 1 aliphatic rings. The summed E-state index contributed by atoms with van der Waals surface area (Å²) in [6.45, 7) is 5.20. The van der Waals surface area contributed by atoms with Crippen LogP contribution in [0.15, 0.2) is 35.0 Å². The molecule has 2 amide bonds. The molecule has 8 nitrogen and oxygen atoms in total. The number of nitro groups is 1. The summed E-state index contributed by atoms with van der Waals surface area (Å²) in [7, 11) is 0. The van der Waals surface area contributed by atoms with Crippen LogP contribution in [-0.2, 0) is 11.3 Å². The highest BCUT2D eigenvalue weighted by atomic mass is 32.1. The van der Waals surface area contributed by atoms with Crippen molar-refractivity contribution < 1.29 is 14.5 Å². The van der Waals surface area contributed by atoms with Gasteiger partial charge in [-0.05, 0) is 35.4 Å². The Kier molecular flexibility index (Phi) is 6.37. The van der Waals surface area contributed by atoms with Crippen molar-refractivity contribution in [3.8, 4) is 0 Å². The second-order valence-corrected chi connectivity index (χ2v) is 7.51. The Morgan fingerprint density at radius 2 is 1.96 bits per heavy atom. The highest BCUT2D eigenvalue weighted by Crippen LogP contribution is 2.19. The van der Waals surface area contributed by atoms with E-state index < -0.39 is 10.8 Å². The minimum atomic E-state index is -0.521. The van der Waals surface area contributed by atoms with Gasteiger partial charge < -0.3 is 10.2 Å². The van der Waals surface area contributed by atoms with Gasteiger partial charge >= 0.3 is 0 Å². The molecule has 0 spiro atoms. The lowest BCUT2D eigenvalue weighted by Crippen LogP contribution is -2.50. The molecule has 0 unspecified atom stereocenters. The quantitative estimate of drug-likeness (QED) is 0.589. The van der Waals surface area contributed by atoms with Crippen LogP contribution in [0.5, 0.6) is 0 Å². The number of amides is 2. The Labute approximate surface area is 166 Å². The van der Waals surface area contributed by atoms with Crippen LogP contribution in [0.25, 0.3) is 0 Å².